The number of aryl methyl sites for hydroxylation is 1. The monoisotopic (exact) mass is 294 g/mol. The Morgan fingerprint density at radius 3 is 2.85 bits per heavy atom. The summed E-state index contributed by atoms with van der Waals surface area (Å²) in [5.41, 5.74) is 2.12. The van der Waals surface area contributed by atoms with Crippen LogP contribution in [0.15, 0.2) is 18.2 Å². The van der Waals surface area contributed by atoms with Gasteiger partial charge in [-0.1, -0.05) is 13.8 Å². The van der Waals surface area contributed by atoms with Gasteiger partial charge in [0.05, 0.1) is 18.1 Å². The van der Waals surface area contributed by atoms with Crippen molar-refractivity contribution in [2.45, 2.75) is 26.8 Å². The number of methoxy groups -OCH3 is 1. The summed E-state index contributed by atoms with van der Waals surface area (Å²) in [7, 11) is 1.67. The fourth-order valence-corrected chi connectivity index (χ4v) is 2.42. The summed E-state index contributed by atoms with van der Waals surface area (Å²) < 4.78 is 13.7. The summed E-state index contributed by atoms with van der Waals surface area (Å²) in [6, 6.07) is 5.94. The molecule has 0 saturated carbocycles. The minimum Gasteiger partial charge on any atom is -0.497 e. The summed E-state index contributed by atoms with van der Waals surface area (Å²) in [5.74, 6) is 1.42. The van der Waals surface area contributed by atoms with Crippen LogP contribution < -0.4 is 4.74 Å². The lowest BCUT2D eigenvalue weighted by Crippen LogP contribution is -2.06. The second-order valence-electron chi connectivity index (χ2n) is 5.29. The number of nitrogens with zero attached hydrogens (tertiary/aromatic N) is 1. The van der Waals surface area contributed by atoms with E-state index in [-0.39, 0.29) is 0 Å². The molecule has 0 bridgehead atoms. The van der Waals surface area contributed by atoms with Gasteiger partial charge in [0.15, 0.2) is 4.77 Å². The molecule has 20 heavy (non-hydrogen) atoms. The van der Waals surface area contributed by atoms with Crippen LogP contribution in [-0.4, -0.2) is 29.9 Å². The van der Waals surface area contributed by atoms with Gasteiger partial charge in [-0.3, -0.25) is 0 Å². The molecular formula is C15H22N2O2S. The Labute approximate surface area is 124 Å². The fraction of sp³-hybridized carbons (Fsp3) is 0.533. The van der Waals surface area contributed by atoms with Crippen molar-refractivity contribution in [1.82, 2.24) is 9.55 Å². The van der Waals surface area contributed by atoms with Crippen LogP contribution in [0.5, 0.6) is 5.75 Å². The van der Waals surface area contributed by atoms with E-state index < -0.39 is 0 Å². The fourth-order valence-electron chi connectivity index (χ4n) is 2.13. The molecule has 2 aromatic rings. The molecule has 1 aromatic heterocycles. The summed E-state index contributed by atoms with van der Waals surface area (Å²) in [6.07, 6.45) is 0.950. The Morgan fingerprint density at radius 1 is 1.35 bits per heavy atom. The average molecular weight is 294 g/mol. The van der Waals surface area contributed by atoms with Crippen molar-refractivity contribution >= 4 is 23.3 Å². The van der Waals surface area contributed by atoms with E-state index in [4.69, 9.17) is 21.7 Å². The predicted molar refractivity (Wildman–Crippen MR) is 83.9 cm³/mol. The van der Waals surface area contributed by atoms with Crippen molar-refractivity contribution in [3.8, 4) is 5.75 Å². The molecule has 0 aliphatic carbocycles. The molecule has 4 nitrogen and oxygen atoms in total. The number of nitrogens with one attached hydrogen (secondary N) is 1. The molecule has 1 heterocycles. The van der Waals surface area contributed by atoms with Gasteiger partial charge in [0.1, 0.15) is 5.75 Å². The molecule has 0 aliphatic rings. The van der Waals surface area contributed by atoms with E-state index in [1.807, 2.05) is 18.2 Å². The molecule has 0 unspecified atom stereocenters. The Balaban J connectivity index is 2.05. The van der Waals surface area contributed by atoms with Gasteiger partial charge < -0.3 is 19.0 Å². The molecular weight excluding hydrogens is 272 g/mol. The second kappa shape index (κ2) is 6.90. The molecule has 2 rings (SSSR count). The Hall–Kier alpha value is -1.33. The van der Waals surface area contributed by atoms with Crippen molar-refractivity contribution in [1.29, 1.82) is 0 Å². The number of hydrogen-bond acceptors (Lipinski definition) is 3. The number of imidazole rings is 1. The molecule has 0 fully saturated rings. The minimum atomic E-state index is 0.578. The molecule has 0 radical (unpaired) electrons. The van der Waals surface area contributed by atoms with E-state index in [0.717, 1.165) is 47.7 Å². The third-order valence-electron chi connectivity index (χ3n) is 3.10. The zero-order chi connectivity index (χ0) is 14.5. The van der Waals surface area contributed by atoms with Crippen molar-refractivity contribution in [2.24, 2.45) is 5.92 Å². The summed E-state index contributed by atoms with van der Waals surface area (Å²) >= 11 is 5.38. The number of aromatic nitrogens is 2. The van der Waals surface area contributed by atoms with E-state index in [2.05, 4.69) is 23.4 Å². The van der Waals surface area contributed by atoms with Crippen LogP contribution in [-0.2, 0) is 11.3 Å². The molecule has 0 amide bonds. The highest BCUT2D eigenvalue weighted by atomic mass is 32.1. The van der Waals surface area contributed by atoms with Crippen LogP contribution in [0.2, 0.25) is 0 Å². The molecule has 5 heteroatoms. The van der Waals surface area contributed by atoms with E-state index in [0.29, 0.717) is 5.92 Å². The highest BCUT2D eigenvalue weighted by Gasteiger charge is 2.05. The number of rotatable bonds is 7. The van der Waals surface area contributed by atoms with Gasteiger partial charge >= 0.3 is 0 Å². The number of benzene rings is 1. The van der Waals surface area contributed by atoms with E-state index >= 15 is 0 Å². The molecule has 0 saturated heterocycles. The van der Waals surface area contributed by atoms with Crippen molar-refractivity contribution < 1.29 is 9.47 Å². The lowest BCUT2D eigenvalue weighted by Gasteiger charge is -2.08. The third kappa shape index (κ3) is 3.61. The van der Waals surface area contributed by atoms with Crippen molar-refractivity contribution in [3.63, 3.8) is 0 Å². The van der Waals surface area contributed by atoms with Gasteiger partial charge in [0, 0.05) is 25.8 Å². The van der Waals surface area contributed by atoms with Crippen molar-refractivity contribution in [2.75, 3.05) is 20.3 Å². The van der Waals surface area contributed by atoms with Crippen LogP contribution in [0, 0.1) is 10.7 Å². The number of hydrogen-bond donors (Lipinski definition) is 1. The molecule has 0 atom stereocenters. The van der Waals surface area contributed by atoms with E-state index in [1.54, 1.807) is 7.11 Å². The number of H-pyrrole nitrogens is 1. The maximum atomic E-state index is 5.61. The quantitative estimate of drug-likeness (QED) is 0.624. The molecule has 1 N–H and O–H groups in total. The first-order valence-electron chi connectivity index (χ1n) is 6.96. The van der Waals surface area contributed by atoms with Gasteiger partial charge in [-0.25, -0.2) is 0 Å². The second-order valence-corrected chi connectivity index (χ2v) is 5.67. The first-order chi connectivity index (χ1) is 9.61. The van der Waals surface area contributed by atoms with Gasteiger partial charge in [-0.2, -0.15) is 0 Å². The average Bonchev–Trinajstić information content (AvgIpc) is 2.73. The van der Waals surface area contributed by atoms with Gasteiger partial charge in [-0.15, -0.1) is 0 Å². The molecule has 110 valence electrons. The topological polar surface area (TPSA) is 39.2 Å². The maximum Gasteiger partial charge on any atom is 0.178 e. The first-order valence-corrected chi connectivity index (χ1v) is 7.37. The number of fused-ring (bicyclic) bond motifs is 1. The van der Waals surface area contributed by atoms with Crippen LogP contribution in [0.3, 0.4) is 0 Å². The van der Waals surface area contributed by atoms with Gasteiger partial charge in [-0.05, 0) is 36.7 Å². The standard InChI is InChI=1S/C15H22N2O2S/c1-11(2)10-19-8-4-7-17-14-9-12(18-3)5-6-13(14)16-15(17)20/h5-6,9,11H,4,7-8,10H2,1-3H3,(H,16,20). The first kappa shape index (κ1) is 15.1. The number of ether oxygens (including phenoxy) is 2. The molecule has 0 aliphatic heterocycles. The lowest BCUT2D eigenvalue weighted by atomic mass is 10.2. The Morgan fingerprint density at radius 2 is 2.15 bits per heavy atom. The smallest absolute Gasteiger partial charge is 0.178 e. The van der Waals surface area contributed by atoms with E-state index in [1.165, 1.54) is 0 Å². The minimum absolute atomic E-state index is 0.578. The van der Waals surface area contributed by atoms with Gasteiger partial charge in [0.2, 0.25) is 0 Å². The lowest BCUT2D eigenvalue weighted by molar-refractivity contribution is 0.105. The van der Waals surface area contributed by atoms with Crippen LogP contribution >= 0.6 is 12.2 Å². The van der Waals surface area contributed by atoms with Crippen LogP contribution in [0.1, 0.15) is 20.3 Å². The summed E-state index contributed by atoms with van der Waals surface area (Å²) in [6.45, 7) is 6.73. The SMILES string of the molecule is COc1ccc2[nH]c(=S)n(CCCOCC(C)C)c2c1. The maximum absolute atomic E-state index is 5.61. The largest absolute Gasteiger partial charge is 0.497 e. The zero-order valence-electron chi connectivity index (χ0n) is 12.3. The van der Waals surface area contributed by atoms with Crippen molar-refractivity contribution in [3.05, 3.63) is 23.0 Å². The normalized spacial score (nSPS) is 11.4. The summed E-state index contributed by atoms with van der Waals surface area (Å²) in [5, 5.41) is 0. The number of aromatic amines is 1. The Bertz CT molecular complexity index is 616. The highest BCUT2D eigenvalue weighted by Crippen LogP contribution is 2.20. The predicted octanol–water partition coefficient (Wildman–Crippen LogP) is 3.77. The van der Waals surface area contributed by atoms with Crippen LogP contribution in [0.4, 0.5) is 0 Å². The Kier molecular flexibility index (Phi) is 5.20. The third-order valence-corrected chi connectivity index (χ3v) is 3.43. The summed E-state index contributed by atoms with van der Waals surface area (Å²) in [4.78, 5) is 3.22. The molecule has 1 aromatic carbocycles. The molecule has 0 spiro atoms. The highest BCUT2D eigenvalue weighted by molar-refractivity contribution is 7.71. The van der Waals surface area contributed by atoms with Gasteiger partial charge in [0.25, 0.3) is 0 Å². The van der Waals surface area contributed by atoms with Crippen LogP contribution in [0.25, 0.3) is 11.0 Å². The van der Waals surface area contributed by atoms with E-state index in [9.17, 15) is 0 Å². The zero-order valence-corrected chi connectivity index (χ0v) is 13.1.